The highest BCUT2D eigenvalue weighted by atomic mass is 32.2. The minimum absolute atomic E-state index is 0.419. The molecular formula is C23H14N4O2S. The monoisotopic (exact) mass is 410 g/mol. The van der Waals surface area contributed by atoms with Crippen LogP contribution < -0.4 is 0 Å². The molecule has 0 radical (unpaired) electrons. The van der Waals surface area contributed by atoms with E-state index in [2.05, 4.69) is 21.3 Å². The average molecular weight is 410 g/mol. The standard InChI is InChI=1S/C23H14N4O2S/c24-13-15-5-4-6-16(11-15)14-30-23-27-26-22(29-23)18-9-10-19-20(12-18)28-21(25-19)17-7-2-1-3-8-17/h1-12H,14H2. The number of benzene rings is 3. The summed E-state index contributed by atoms with van der Waals surface area (Å²) in [5, 5.41) is 17.7. The number of aromatic nitrogens is 3. The fourth-order valence-corrected chi connectivity index (χ4v) is 3.73. The largest absolute Gasteiger partial charge is 0.436 e. The van der Waals surface area contributed by atoms with Gasteiger partial charge in [0.25, 0.3) is 5.22 Å². The Morgan fingerprint density at radius 1 is 0.833 bits per heavy atom. The van der Waals surface area contributed by atoms with Gasteiger partial charge in [0.2, 0.25) is 11.8 Å². The van der Waals surface area contributed by atoms with Crippen molar-refractivity contribution in [2.45, 2.75) is 11.0 Å². The molecule has 0 saturated heterocycles. The molecule has 0 saturated carbocycles. The Balaban J connectivity index is 1.35. The van der Waals surface area contributed by atoms with Crippen LogP contribution in [0.4, 0.5) is 0 Å². The molecule has 0 N–H and O–H groups in total. The van der Waals surface area contributed by atoms with E-state index in [-0.39, 0.29) is 0 Å². The third-order valence-corrected chi connectivity index (χ3v) is 5.37. The van der Waals surface area contributed by atoms with E-state index in [1.807, 2.05) is 66.7 Å². The number of fused-ring (bicyclic) bond motifs is 1. The maximum absolute atomic E-state index is 9.01. The Bertz CT molecular complexity index is 1370. The second-order valence-electron chi connectivity index (χ2n) is 6.54. The lowest BCUT2D eigenvalue weighted by atomic mass is 10.2. The number of nitriles is 1. The van der Waals surface area contributed by atoms with Crippen LogP contribution in [0.3, 0.4) is 0 Å². The molecule has 6 nitrogen and oxygen atoms in total. The fraction of sp³-hybridized carbons (Fsp3) is 0.0435. The first kappa shape index (κ1) is 18.2. The first-order chi connectivity index (χ1) is 14.8. The van der Waals surface area contributed by atoms with E-state index in [0.29, 0.717) is 33.9 Å². The Labute approximate surface area is 176 Å². The van der Waals surface area contributed by atoms with Crippen molar-refractivity contribution in [1.82, 2.24) is 15.2 Å². The Morgan fingerprint density at radius 3 is 2.60 bits per heavy atom. The predicted molar refractivity (Wildman–Crippen MR) is 113 cm³/mol. The maximum Gasteiger partial charge on any atom is 0.277 e. The molecule has 0 unspecified atom stereocenters. The number of thioether (sulfide) groups is 1. The molecule has 0 atom stereocenters. The summed E-state index contributed by atoms with van der Waals surface area (Å²) in [6.07, 6.45) is 0. The Kier molecular flexibility index (Phi) is 4.75. The van der Waals surface area contributed by atoms with Gasteiger partial charge in [0.05, 0.1) is 11.6 Å². The molecule has 0 aliphatic carbocycles. The number of hydrogen-bond donors (Lipinski definition) is 0. The normalized spacial score (nSPS) is 10.9. The molecular weight excluding hydrogens is 396 g/mol. The van der Waals surface area contributed by atoms with Gasteiger partial charge in [0.1, 0.15) is 5.52 Å². The summed E-state index contributed by atoms with van der Waals surface area (Å²) in [6.45, 7) is 0. The summed E-state index contributed by atoms with van der Waals surface area (Å²) >= 11 is 1.43. The summed E-state index contributed by atoms with van der Waals surface area (Å²) in [7, 11) is 0. The van der Waals surface area contributed by atoms with Crippen LogP contribution in [-0.4, -0.2) is 15.2 Å². The predicted octanol–water partition coefficient (Wildman–Crippen LogP) is 5.71. The topological polar surface area (TPSA) is 88.7 Å². The molecule has 0 spiro atoms. The maximum atomic E-state index is 9.01. The van der Waals surface area contributed by atoms with Crippen LogP contribution in [0.2, 0.25) is 0 Å². The van der Waals surface area contributed by atoms with E-state index >= 15 is 0 Å². The van der Waals surface area contributed by atoms with Crippen LogP contribution >= 0.6 is 11.8 Å². The molecule has 144 valence electrons. The summed E-state index contributed by atoms with van der Waals surface area (Å²) in [4.78, 5) is 4.54. The highest BCUT2D eigenvalue weighted by molar-refractivity contribution is 7.98. The first-order valence-corrected chi connectivity index (χ1v) is 10.2. The zero-order valence-corrected chi connectivity index (χ0v) is 16.5. The van der Waals surface area contributed by atoms with Crippen molar-refractivity contribution in [2.75, 3.05) is 0 Å². The summed E-state index contributed by atoms with van der Waals surface area (Å²) in [6, 6.07) is 25.0. The lowest BCUT2D eigenvalue weighted by molar-refractivity contribution is 0.466. The molecule has 5 aromatic rings. The summed E-state index contributed by atoms with van der Waals surface area (Å²) < 4.78 is 11.7. The van der Waals surface area contributed by atoms with Gasteiger partial charge >= 0.3 is 0 Å². The van der Waals surface area contributed by atoms with Gasteiger partial charge in [-0.05, 0) is 48.0 Å². The van der Waals surface area contributed by atoms with Crippen molar-refractivity contribution in [1.29, 1.82) is 5.26 Å². The van der Waals surface area contributed by atoms with Gasteiger partial charge in [-0.3, -0.25) is 0 Å². The second-order valence-corrected chi connectivity index (χ2v) is 7.47. The van der Waals surface area contributed by atoms with Crippen LogP contribution in [-0.2, 0) is 5.75 Å². The lowest BCUT2D eigenvalue weighted by Gasteiger charge is -1.98. The highest BCUT2D eigenvalue weighted by Crippen LogP contribution is 2.30. The molecule has 5 rings (SSSR count). The van der Waals surface area contributed by atoms with E-state index in [9.17, 15) is 0 Å². The van der Waals surface area contributed by atoms with E-state index in [1.165, 1.54) is 11.8 Å². The molecule has 0 fully saturated rings. The highest BCUT2D eigenvalue weighted by Gasteiger charge is 2.13. The van der Waals surface area contributed by atoms with Gasteiger partial charge < -0.3 is 8.83 Å². The molecule has 2 aromatic heterocycles. The number of hydrogen-bond acceptors (Lipinski definition) is 7. The van der Waals surface area contributed by atoms with Crippen LogP contribution in [0.1, 0.15) is 11.1 Å². The van der Waals surface area contributed by atoms with Crippen LogP contribution in [0.15, 0.2) is 86.9 Å². The molecule has 2 heterocycles. The van der Waals surface area contributed by atoms with Gasteiger partial charge in [-0.25, -0.2) is 4.98 Å². The van der Waals surface area contributed by atoms with Crippen molar-refractivity contribution < 1.29 is 8.83 Å². The molecule has 3 aromatic carbocycles. The van der Waals surface area contributed by atoms with Crippen LogP contribution in [0, 0.1) is 11.3 Å². The van der Waals surface area contributed by atoms with Crippen molar-refractivity contribution in [3.05, 3.63) is 83.9 Å². The first-order valence-electron chi connectivity index (χ1n) is 9.20. The van der Waals surface area contributed by atoms with Gasteiger partial charge in [-0.1, -0.05) is 42.1 Å². The van der Waals surface area contributed by atoms with E-state index in [4.69, 9.17) is 14.1 Å². The minimum atomic E-state index is 0.419. The SMILES string of the molecule is N#Cc1cccc(CSc2nnc(-c3ccc4nc(-c5ccccc5)oc4c3)o2)c1. The van der Waals surface area contributed by atoms with Gasteiger partial charge in [0.15, 0.2) is 5.58 Å². The zero-order valence-electron chi connectivity index (χ0n) is 15.6. The van der Waals surface area contributed by atoms with Crippen molar-refractivity contribution in [3.8, 4) is 29.0 Å². The van der Waals surface area contributed by atoms with Gasteiger partial charge in [-0.15, -0.1) is 10.2 Å². The molecule has 7 heteroatoms. The number of nitrogens with zero attached hydrogens (tertiary/aromatic N) is 4. The molecule has 0 amide bonds. The second kappa shape index (κ2) is 7.85. The average Bonchev–Trinajstić information content (AvgIpc) is 3.45. The molecule has 30 heavy (non-hydrogen) atoms. The lowest BCUT2D eigenvalue weighted by Crippen LogP contribution is -1.82. The quantitative estimate of drug-likeness (QED) is 0.343. The molecule has 0 bridgehead atoms. The van der Waals surface area contributed by atoms with Crippen LogP contribution in [0.25, 0.3) is 34.0 Å². The van der Waals surface area contributed by atoms with Gasteiger partial charge in [-0.2, -0.15) is 5.26 Å². The number of oxazole rings is 1. The van der Waals surface area contributed by atoms with E-state index < -0.39 is 0 Å². The fourth-order valence-electron chi connectivity index (χ4n) is 3.02. The Morgan fingerprint density at radius 2 is 1.73 bits per heavy atom. The third kappa shape index (κ3) is 3.69. The Hall–Kier alpha value is -3.89. The van der Waals surface area contributed by atoms with Crippen molar-refractivity contribution in [3.63, 3.8) is 0 Å². The van der Waals surface area contributed by atoms with Crippen molar-refractivity contribution in [2.24, 2.45) is 0 Å². The molecule has 0 aliphatic rings. The zero-order chi connectivity index (χ0) is 20.3. The number of rotatable bonds is 5. The van der Waals surface area contributed by atoms with Crippen LogP contribution in [0.5, 0.6) is 0 Å². The van der Waals surface area contributed by atoms with Gasteiger partial charge in [0, 0.05) is 16.9 Å². The molecule has 0 aliphatic heterocycles. The smallest absolute Gasteiger partial charge is 0.277 e. The third-order valence-electron chi connectivity index (χ3n) is 4.48. The van der Waals surface area contributed by atoms with E-state index in [0.717, 1.165) is 22.2 Å². The summed E-state index contributed by atoms with van der Waals surface area (Å²) in [5.41, 5.74) is 4.78. The van der Waals surface area contributed by atoms with E-state index in [1.54, 1.807) is 6.07 Å². The van der Waals surface area contributed by atoms with Crippen molar-refractivity contribution >= 4 is 22.9 Å². The summed E-state index contributed by atoms with van der Waals surface area (Å²) in [5.74, 6) is 1.63. The minimum Gasteiger partial charge on any atom is -0.436 e.